The number of hydrogen-bond donors (Lipinski definition) is 0. The summed E-state index contributed by atoms with van der Waals surface area (Å²) in [5.41, 5.74) is -2.31. The molecule has 40 heavy (non-hydrogen) atoms. The molecule has 5 nitrogen and oxygen atoms in total. The van der Waals surface area contributed by atoms with Crippen molar-refractivity contribution in [3.63, 3.8) is 0 Å². The molecule has 1 fully saturated rings. The Balaban J connectivity index is 1.40. The predicted octanol–water partition coefficient (Wildman–Crippen LogP) is 7.61. The lowest BCUT2D eigenvalue weighted by Crippen LogP contribution is -2.31. The zero-order valence-electron chi connectivity index (χ0n) is 20.0. The molecule has 5 rings (SSSR count). The standard InChI is InChI=1S/C25H17F9N4OS/c26-23(27,28)16-3-2-14(18(9-16)25(32,33)34)10-38-11-15-7-13(1-4-19(15)36-38)8-20-21(35-22(39)40-20)37-6-5-17(12-37)24(29,30)31/h1-4,7-9,11,17H,5-6,10,12H2/b20-8-. The van der Waals surface area contributed by atoms with Crippen LogP contribution in [0.25, 0.3) is 17.0 Å². The van der Waals surface area contributed by atoms with Gasteiger partial charge in [0.2, 0.25) is 0 Å². The van der Waals surface area contributed by atoms with Crippen molar-refractivity contribution in [2.45, 2.75) is 31.5 Å². The van der Waals surface area contributed by atoms with Crippen molar-refractivity contribution in [1.29, 1.82) is 0 Å². The molecule has 0 radical (unpaired) electrons. The molecule has 1 atom stereocenters. The van der Waals surface area contributed by atoms with E-state index in [0.29, 0.717) is 27.4 Å². The van der Waals surface area contributed by atoms with Crippen molar-refractivity contribution in [3.8, 4) is 0 Å². The first-order valence-corrected chi connectivity index (χ1v) is 12.5. The molecule has 0 N–H and O–H groups in total. The number of likely N-dealkylation sites (tertiary alicyclic amines) is 1. The maximum atomic E-state index is 13.5. The average molecular weight is 592 g/mol. The smallest absolute Gasteiger partial charge is 0.355 e. The summed E-state index contributed by atoms with van der Waals surface area (Å²) in [4.78, 5) is 17.6. The van der Waals surface area contributed by atoms with Crippen molar-refractivity contribution in [2.75, 3.05) is 13.1 Å². The van der Waals surface area contributed by atoms with Crippen LogP contribution in [0, 0.1) is 5.92 Å². The van der Waals surface area contributed by atoms with Gasteiger partial charge in [-0.15, -0.1) is 0 Å². The van der Waals surface area contributed by atoms with Crippen molar-refractivity contribution >= 4 is 39.8 Å². The molecule has 1 unspecified atom stereocenters. The molecule has 212 valence electrons. The van der Waals surface area contributed by atoms with E-state index in [0.717, 1.165) is 17.8 Å². The second-order valence-corrected chi connectivity index (χ2v) is 10.3. The molecular formula is C25H17F9N4OS. The summed E-state index contributed by atoms with van der Waals surface area (Å²) in [5.74, 6) is -1.37. The molecule has 2 aliphatic rings. The van der Waals surface area contributed by atoms with Crippen LogP contribution in [-0.4, -0.2) is 45.0 Å². The Morgan fingerprint density at radius 2 is 1.73 bits per heavy atom. The van der Waals surface area contributed by atoms with E-state index >= 15 is 0 Å². The minimum atomic E-state index is -5.02. The Hall–Kier alpha value is -3.49. The van der Waals surface area contributed by atoms with E-state index in [-0.39, 0.29) is 31.4 Å². The van der Waals surface area contributed by atoms with Crippen LogP contribution in [0.1, 0.15) is 28.7 Å². The number of halogens is 9. The molecule has 3 aromatic rings. The number of amides is 1. The van der Waals surface area contributed by atoms with Crippen LogP contribution < -0.4 is 0 Å². The SMILES string of the molecule is O=C1N=C(N2CCC(C(F)(F)F)C2)/C(=C/c2ccc3nn(Cc4ccc(C(F)(F)F)cc4C(F)(F)F)cc3c2)S1. The highest BCUT2D eigenvalue weighted by Crippen LogP contribution is 2.39. The summed E-state index contributed by atoms with van der Waals surface area (Å²) >= 11 is 0.771. The van der Waals surface area contributed by atoms with Gasteiger partial charge in [-0.25, -0.2) is 0 Å². The first-order valence-electron chi connectivity index (χ1n) is 11.7. The van der Waals surface area contributed by atoms with Crippen molar-refractivity contribution < 1.29 is 44.3 Å². The van der Waals surface area contributed by atoms with Gasteiger partial charge in [-0.2, -0.15) is 49.6 Å². The number of nitrogens with zero attached hydrogens (tertiary/aromatic N) is 4. The van der Waals surface area contributed by atoms with E-state index < -0.39 is 52.9 Å². The Morgan fingerprint density at radius 3 is 2.38 bits per heavy atom. The number of rotatable bonds is 3. The zero-order chi connectivity index (χ0) is 29.0. The Labute approximate surface area is 224 Å². The monoisotopic (exact) mass is 592 g/mol. The van der Waals surface area contributed by atoms with Gasteiger partial charge in [0, 0.05) is 24.7 Å². The Bertz CT molecular complexity index is 1540. The number of benzene rings is 2. The predicted molar refractivity (Wildman–Crippen MR) is 129 cm³/mol. The number of thioether (sulfide) groups is 1. The molecule has 15 heteroatoms. The van der Waals surface area contributed by atoms with Crippen LogP contribution in [0.3, 0.4) is 0 Å². The first kappa shape index (κ1) is 28.1. The van der Waals surface area contributed by atoms with Crippen LogP contribution >= 0.6 is 11.8 Å². The molecule has 1 aromatic heterocycles. The van der Waals surface area contributed by atoms with Gasteiger partial charge < -0.3 is 4.90 Å². The molecule has 2 aromatic carbocycles. The number of alkyl halides is 9. The third kappa shape index (κ3) is 5.83. The van der Waals surface area contributed by atoms with E-state index in [1.807, 2.05) is 0 Å². The second-order valence-electron chi connectivity index (χ2n) is 9.30. The lowest BCUT2D eigenvalue weighted by molar-refractivity contribution is -0.169. The molecule has 1 saturated heterocycles. The van der Waals surface area contributed by atoms with Gasteiger partial charge in [0.25, 0.3) is 0 Å². The maximum absolute atomic E-state index is 13.5. The van der Waals surface area contributed by atoms with Gasteiger partial charge in [-0.05, 0) is 59.7 Å². The Morgan fingerprint density at radius 1 is 0.975 bits per heavy atom. The van der Waals surface area contributed by atoms with Crippen molar-refractivity contribution in [3.05, 3.63) is 69.8 Å². The highest BCUT2D eigenvalue weighted by atomic mass is 32.2. The summed E-state index contributed by atoms with van der Waals surface area (Å²) in [6.45, 7) is -0.679. The lowest BCUT2D eigenvalue weighted by atomic mass is 10.0. The first-order chi connectivity index (χ1) is 18.6. The second kappa shape index (κ2) is 9.85. The molecule has 0 aliphatic carbocycles. The highest BCUT2D eigenvalue weighted by Gasteiger charge is 2.45. The summed E-state index contributed by atoms with van der Waals surface area (Å²) in [5, 5.41) is 4.13. The van der Waals surface area contributed by atoms with E-state index in [9.17, 15) is 44.3 Å². The number of aliphatic imine (C=N–C) groups is 1. The number of carbonyl (C=O) groups is 1. The van der Waals surface area contributed by atoms with Gasteiger partial charge in [0.05, 0.1) is 34.0 Å². The van der Waals surface area contributed by atoms with E-state index in [1.54, 1.807) is 24.3 Å². The quantitative estimate of drug-likeness (QED) is 0.294. The minimum absolute atomic E-state index is 0.0693. The van der Waals surface area contributed by atoms with E-state index in [2.05, 4.69) is 10.1 Å². The van der Waals surface area contributed by atoms with E-state index in [1.165, 1.54) is 15.8 Å². The molecule has 1 amide bonds. The van der Waals surface area contributed by atoms with Gasteiger partial charge in [-0.3, -0.25) is 9.48 Å². The Kier molecular flexibility index (Phi) is 6.91. The van der Waals surface area contributed by atoms with Gasteiger partial charge in [-0.1, -0.05) is 12.1 Å². The van der Waals surface area contributed by atoms with E-state index in [4.69, 9.17) is 0 Å². The largest absolute Gasteiger partial charge is 0.416 e. The fourth-order valence-corrected chi connectivity index (χ4v) is 5.37. The van der Waals surface area contributed by atoms with Crippen molar-refractivity contribution in [1.82, 2.24) is 14.7 Å². The number of fused-ring (bicyclic) bond motifs is 1. The van der Waals surface area contributed by atoms with Crippen LogP contribution in [-0.2, 0) is 18.9 Å². The van der Waals surface area contributed by atoms with Crippen LogP contribution in [0.2, 0.25) is 0 Å². The summed E-state index contributed by atoms with van der Waals surface area (Å²) in [6.07, 6.45) is -11.4. The molecule has 0 saturated carbocycles. The minimum Gasteiger partial charge on any atom is -0.355 e. The lowest BCUT2D eigenvalue weighted by Gasteiger charge is -2.19. The van der Waals surface area contributed by atoms with Gasteiger partial charge in [0.15, 0.2) is 0 Å². The molecular weight excluding hydrogens is 575 g/mol. The fourth-order valence-electron chi connectivity index (χ4n) is 4.59. The van der Waals surface area contributed by atoms with Crippen LogP contribution in [0.5, 0.6) is 0 Å². The zero-order valence-corrected chi connectivity index (χ0v) is 20.8. The fraction of sp³-hybridized carbons (Fsp3) is 0.320. The highest BCUT2D eigenvalue weighted by molar-refractivity contribution is 8.18. The summed E-state index contributed by atoms with van der Waals surface area (Å²) < 4.78 is 120. The number of aromatic nitrogens is 2. The normalized spacial score (nSPS) is 19.8. The van der Waals surface area contributed by atoms with Crippen LogP contribution in [0.4, 0.5) is 44.3 Å². The average Bonchev–Trinajstić information content (AvgIpc) is 3.55. The molecule has 0 bridgehead atoms. The summed E-state index contributed by atoms with van der Waals surface area (Å²) in [6, 6.07) is 6.20. The van der Waals surface area contributed by atoms with Crippen LogP contribution in [0.15, 0.2) is 52.5 Å². The number of hydrogen-bond acceptors (Lipinski definition) is 4. The molecule has 0 spiro atoms. The number of carbonyl (C=O) groups excluding carboxylic acids is 1. The molecule has 3 heterocycles. The molecule has 2 aliphatic heterocycles. The topological polar surface area (TPSA) is 50.5 Å². The third-order valence-corrected chi connectivity index (χ3v) is 7.30. The third-order valence-electron chi connectivity index (χ3n) is 6.51. The number of amidine groups is 1. The summed E-state index contributed by atoms with van der Waals surface area (Å²) in [7, 11) is 0. The maximum Gasteiger partial charge on any atom is 0.416 e. The van der Waals surface area contributed by atoms with Crippen molar-refractivity contribution in [2.24, 2.45) is 10.9 Å². The van der Waals surface area contributed by atoms with Gasteiger partial charge >= 0.3 is 23.8 Å². The van der Waals surface area contributed by atoms with Gasteiger partial charge in [0.1, 0.15) is 5.84 Å².